The first kappa shape index (κ1) is 15.4. The first-order valence-corrected chi connectivity index (χ1v) is 7.80. The van der Waals surface area contributed by atoms with Crippen LogP contribution in [0.1, 0.15) is 13.3 Å². The maximum absolute atomic E-state index is 6.03. The minimum atomic E-state index is -0.0637. The Morgan fingerprint density at radius 3 is 2.87 bits per heavy atom. The van der Waals surface area contributed by atoms with Crippen molar-refractivity contribution in [2.75, 3.05) is 31.7 Å². The summed E-state index contributed by atoms with van der Waals surface area (Å²) < 4.78 is 17.0. The maximum Gasteiger partial charge on any atom is 0.228 e. The van der Waals surface area contributed by atoms with Crippen molar-refractivity contribution in [3.8, 4) is 17.4 Å². The Morgan fingerprint density at radius 1 is 1.26 bits per heavy atom. The molecule has 1 atom stereocenters. The number of hydrogen-bond donors (Lipinski definition) is 0. The first-order valence-electron chi connectivity index (χ1n) is 7.80. The highest BCUT2D eigenvalue weighted by atomic mass is 16.6. The smallest absolute Gasteiger partial charge is 0.228 e. The number of aromatic nitrogens is 2. The molecular weight excluding hydrogens is 294 g/mol. The van der Waals surface area contributed by atoms with Crippen LogP contribution in [0.3, 0.4) is 0 Å². The lowest BCUT2D eigenvalue weighted by Gasteiger charge is -2.31. The van der Waals surface area contributed by atoms with Gasteiger partial charge in [0.25, 0.3) is 0 Å². The van der Waals surface area contributed by atoms with Gasteiger partial charge in [0, 0.05) is 18.8 Å². The largest absolute Gasteiger partial charge is 0.486 e. The van der Waals surface area contributed by atoms with Crippen molar-refractivity contribution in [2.24, 2.45) is 0 Å². The minimum Gasteiger partial charge on any atom is -0.486 e. The Kier molecular flexibility index (Phi) is 4.80. The number of hydrogen-bond acceptors (Lipinski definition) is 6. The van der Waals surface area contributed by atoms with Crippen molar-refractivity contribution in [3.05, 3.63) is 36.5 Å². The zero-order chi connectivity index (χ0) is 16.1. The van der Waals surface area contributed by atoms with Crippen LogP contribution in [0.4, 0.5) is 5.95 Å². The molecule has 2 aromatic rings. The molecule has 6 nitrogen and oxygen atoms in total. The molecule has 0 aliphatic carbocycles. The molecule has 1 aliphatic rings. The molecule has 1 aliphatic heterocycles. The van der Waals surface area contributed by atoms with Crippen LogP contribution in [0.2, 0.25) is 0 Å². The summed E-state index contributed by atoms with van der Waals surface area (Å²) in [5, 5.41) is 0. The summed E-state index contributed by atoms with van der Waals surface area (Å²) in [4.78, 5) is 10.9. The molecule has 23 heavy (non-hydrogen) atoms. The number of methoxy groups -OCH3 is 1. The average Bonchev–Trinajstić information content (AvgIpc) is 2.61. The van der Waals surface area contributed by atoms with E-state index in [9.17, 15) is 0 Å². The molecule has 2 heterocycles. The van der Waals surface area contributed by atoms with Crippen molar-refractivity contribution >= 4 is 5.95 Å². The third-order valence-electron chi connectivity index (χ3n) is 3.59. The van der Waals surface area contributed by atoms with E-state index in [1.165, 1.54) is 0 Å². The van der Waals surface area contributed by atoms with Crippen LogP contribution in [0.25, 0.3) is 0 Å². The van der Waals surface area contributed by atoms with Crippen molar-refractivity contribution in [2.45, 2.75) is 19.4 Å². The van der Waals surface area contributed by atoms with Gasteiger partial charge in [-0.25, -0.2) is 4.98 Å². The number of benzene rings is 1. The molecule has 0 radical (unpaired) electrons. The second-order valence-corrected chi connectivity index (χ2v) is 5.34. The van der Waals surface area contributed by atoms with E-state index in [1.54, 1.807) is 19.4 Å². The Balaban J connectivity index is 1.73. The molecule has 6 heteroatoms. The summed E-state index contributed by atoms with van der Waals surface area (Å²) in [6.07, 6.45) is 2.63. The van der Waals surface area contributed by atoms with E-state index in [0.29, 0.717) is 25.0 Å². The van der Waals surface area contributed by atoms with Gasteiger partial charge in [-0.15, -0.1) is 0 Å². The molecule has 0 saturated heterocycles. The molecule has 0 bridgehead atoms. The molecule has 0 amide bonds. The lowest BCUT2D eigenvalue weighted by atomic mass is 10.2. The second kappa shape index (κ2) is 7.17. The maximum atomic E-state index is 6.03. The highest BCUT2D eigenvalue weighted by Crippen LogP contribution is 2.31. The van der Waals surface area contributed by atoms with Crippen LogP contribution in [0, 0.1) is 0 Å². The topological polar surface area (TPSA) is 56.7 Å². The molecule has 0 saturated carbocycles. The van der Waals surface area contributed by atoms with Gasteiger partial charge in [-0.3, -0.25) is 0 Å². The monoisotopic (exact) mass is 315 g/mol. The third-order valence-corrected chi connectivity index (χ3v) is 3.59. The standard InChI is InChI=1S/C17H21N3O3/c1-3-10-20(17-18-9-8-16(19-17)21-2)11-13-12-22-14-6-4-5-7-15(14)23-13/h4-9,13H,3,10-12H2,1-2H3. The predicted octanol–water partition coefficient (Wildman–Crippen LogP) is 2.54. The first-order chi connectivity index (χ1) is 11.3. The molecular formula is C17H21N3O3. The molecule has 122 valence electrons. The van der Waals surface area contributed by atoms with Gasteiger partial charge in [-0.1, -0.05) is 19.1 Å². The molecule has 0 N–H and O–H groups in total. The number of rotatable bonds is 6. The van der Waals surface area contributed by atoms with Crippen LogP contribution in [-0.4, -0.2) is 42.9 Å². The van der Waals surface area contributed by atoms with Crippen molar-refractivity contribution < 1.29 is 14.2 Å². The predicted molar refractivity (Wildman–Crippen MR) is 87.4 cm³/mol. The van der Waals surface area contributed by atoms with Gasteiger partial charge in [0.15, 0.2) is 17.6 Å². The van der Waals surface area contributed by atoms with E-state index in [0.717, 1.165) is 24.5 Å². The van der Waals surface area contributed by atoms with Crippen molar-refractivity contribution in [1.29, 1.82) is 0 Å². The van der Waals surface area contributed by atoms with E-state index >= 15 is 0 Å². The summed E-state index contributed by atoms with van der Waals surface area (Å²) in [5.74, 6) is 2.78. The number of anilines is 1. The van der Waals surface area contributed by atoms with E-state index in [2.05, 4.69) is 21.8 Å². The minimum absolute atomic E-state index is 0.0637. The van der Waals surface area contributed by atoms with Gasteiger partial charge in [0.05, 0.1) is 13.7 Å². The summed E-state index contributed by atoms with van der Waals surface area (Å²) in [6, 6.07) is 9.47. The zero-order valence-electron chi connectivity index (χ0n) is 13.4. The Morgan fingerprint density at radius 2 is 2.09 bits per heavy atom. The lowest BCUT2D eigenvalue weighted by molar-refractivity contribution is 0.0950. The van der Waals surface area contributed by atoms with E-state index in [-0.39, 0.29) is 6.10 Å². The van der Waals surface area contributed by atoms with Gasteiger partial charge in [-0.05, 0) is 18.6 Å². The molecule has 1 unspecified atom stereocenters. The molecule has 0 spiro atoms. The summed E-state index contributed by atoms with van der Waals surface area (Å²) >= 11 is 0. The molecule has 1 aromatic carbocycles. The van der Waals surface area contributed by atoms with Crippen LogP contribution in [-0.2, 0) is 0 Å². The van der Waals surface area contributed by atoms with Crippen molar-refractivity contribution in [1.82, 2.24) is 9.97 Å². The number of fused-ring (bicyclic) bond motifs is 1. The SMILES string of the molecule is CCCN(CC1COc2ccccc2O1)c1nccc(OC)n1. The van der Waals surface area contributed by atoms with Gasteiger partial charge in [0.1, 0.15) is 6.61 Å². The fraction of sp³-hybridized carbons (Fsp3) is 0.412. The van der Waals surface area contributed by atoms with Crippen molar-refractivity contribution in [3.63, 3.8) is 0 Å². The van der Waals surface area contributed by atoms with E-state index in [4.69, 9.17) is 14.2 Å². The Bertz CT molecular complexity index is 650. The Labute approximate surface area is 136 Å². The summed E-state index contributed by atoms with van der Waals surface area (Å²) in [5.41, 5.74) is 0. The van der Waals surface area contributed by atoms with Gasteiger partial charge < -0.3 is 19.1 Å². The zero-order valence-corrected chi connectivity index (χ0v) is 13.4. The van der Waals surface area contributed by atoms with Gasteiger partial charge in [-0.2, -0.15) is 4.98 Å². The van der Waals surface area contributed by atoms with E-state index < -0.39 is 0 Å². The van der Waals surface area contributed by atoms with Crippen LogP contribution in [0.5, 0.6) is 17.4 Å². The number of para-hydroxylation sites is 2. The van der Waals surface area contributed by atoms with Gasteiger partial charge >= 0.3 is 0 Å². The second-order valence-electron chi connectivity index (χ2n) is 5.34. The molecule has 0 fully saturated rings. The number of nitrogens with zero attached hydrogens (tertiary/aromatic N) is 3. The van der Waals surface area contributed by atoms with Crippen LogP contribution in [0.15, 0.2) is 36.5 Å². The summed E-state index contributed by atoms with van der Waals surface area (Å²) in [7, 11) is 1.60. The number of ether oxygens (including phenoxy) is 3. The lowest BCUT2D eigenvalue weighted by Crippen LogP contribution is -2.42. The highest BCUT2D eigenvalue weighted by molar-refractivity contribution is 5.41. The third kappa shape index (κ3) is 3.64. The van der Waals surface area contributed by atoms with Crippen LogP contribution < -0.4 is 19.1 Å². The van der Waals surface area contributed by atoms with Crippen LogP contribution >= 0.6 is 0 Å². The fourth-order valence-electron chi connectivity index (χ4n) is 2.54. The molecule has 3 rings (SSSR count). The Hall–Kier alpha value is -2.50. The van der Waals surface area contributed by atoms with E-state index in [1.807, 2.05) is 24.3 Å². The summed E-state index contributed by atoms with van der Waals surface area (Å²) in [6.45, 7) is 4.14. The fourth-order valence-corrected chi connectivity index (χ4v) is 2.54. The highest BCUT2D eigenvalue weighted by Gasteiger charge is 2.24. The molecule has 1 aromatic heterocycles. The normalized spacial score (nSPS) is 16.0. The quantitative estimate of drug-likeness (QED) is 0.816. The average molecular weight is 315 g/mol. The van der Waals surface area contributed by atoms with Gasteiger partial charge in [0.2, 0.25) is 11.8 Å².